The van der Waals surface area contributed by atoms with Crippen LogP contribution in [0.2, 0.25) is 0 Å². The number of aromatic nitrogens is 2. The number of amides is 1. The van der Waals surface area contributed by atoms with Crippen LogP contribution >= 0.6 is 0 Å². The summed E-state index contributed by atoms with van der Waals surface area (Å²) in [6.45, 7) is 0. The summed E-state index contributed by atoms with van der Waals surface area (Å²) in [7, 11) is 0. The first-order valence-corrected chi connectivity index (χ1v) is 7.01. The van der Waals surface area contributed by atoms with Crippen LogP contribution in [0.3, 0.4) is 0 Å². The zero-order valence-corrected chi connectivity index (χ0v) is 11.9. The third kappa shape index (κ3) is 3.97. The molecule has 1 heterocycles. The third-order valence-corrected chi connectivity index (χ3v) is 3.27. The van der Waals surface area contributed by atoms with Gasteiger partial charge in [-0.05, 0) is 43.2 Å². The van der Waals surface area contributed by atoms with Gasteiger partial charge in [0.2, 0.25) is 0 Å². The Kier molecular flexibility index (Phi) is 3.89. The average Bonchev–Trinajstić information content (AvgIpc) is 3.31. The highest BCUT2D eigenvalue weighted by Gasteiger charge is 2.30. The molecule has 0 aliphatic heterocycles. The van der Waals surface area contributed by atoms with Gasteiger partial charge >= 0.3 is 6.18 Å². The molecule has 0 atom stereocenters. The maximum atomic E-state index is 12.7. The van der Waals surface area contributed by atoms with Gasteiger partial charge in [-0.25, -0.2) is 0 Å². The van der Waals surface area contributed by atoms with Gasteiger partial charge in [-0.1, -0.05) is 6.07 Å². The minimum atomic E-state index is -4.41. The quantitative estimate of drug-likeness (QED) is 0.907. The molecule has 2 aromatic rings. The van der Waals surface area contributed by atoms with E-state index >= 15 is 0 Å². The number of hydrogen-bond donors (Lipinski definition) is 2. The molecule has 1 aromatic heterocycles. The summed E-state index contributed by atoms with van der Waals surface area (Å²) in [5.74, 6) is -0.0436. The van der Waals surface area contributed by atoms with Gasteiger partial charge in [-0.15, -0.1) is 10.2 Å². The lowest BCUT2D eigenvalue weighted by Crippen LogP contribution is -2.26. The molecule has 0 bridgehead atoms. The van der Waals surface area contributed by atoms with Crippen molar-refractivity contribution in [3.63, 3.8) is 0 Å². The van der Waals surface area contributed by atoms with Gasteiger partial charge in [0.05, 0.1) is 5.56 Å². The van der Waals surface area contributed by atoms with Gasteiger partial charge < -0.3 is 10.6 Å². The number of rotatable bonds is 4. The molecule has 1 amide bonds. The lowest BCUT2D eigenvalue weighted by molar-refractivity contribution is -0.137. The molecule has 1 saturated carbocycles. The summed E-state index contributed by atoms with van der Waals surface area (Å²) >= 11 is 0. The van der Waals surface area contributed by atoms with Gasteiger partial charge in [-0.2, -0.15) is 13.2 Å². The fraction of sp³-hybridized carbons (Fsp3) is 0.267. The molecule has 8 heteroatoms. The molecule has 23 heavy (non-hydrogen) atoms. The van der Waals surface area contributed by atoms with E-state index in [-0.39, 0.29) is 29.1 Å². The van der Waals surface area contributed by atoms with Crippen molar-refractivity contribution < 1.29 is 18.0 Å². The van der Waals surface area contributed by atoms with Crippen LogP contribution in [0.4, 0.5) is 24.7 Å². The first kappa shape index (κ1) is 15.3. The molecule has 0 spiro atoms. The van der Waals surface area contributed by atoms with Crippen molar-refractivity contribution in [3.05, 3.63) is 47.7 Å². The highest BCUT2D eigenvalue weighted by molar-refractivity contribution is 5.92. The van der Waals surface area contributed by atoms with Crippen LogP contribution < -0.4 is 10.6 Å². The maximum Gasteiger partial charge on any atom is 0.416 e. The van der Waals surface area contributed by atoms with Gasteiger partial charge in [0.15, 0.2) is 11.5 Å². The first-order valence-electron chi connectivity index (χ1n) is 7.01. The molecule has 1 aliphatic rings. The van der Waals surface area contributed by atoms with E-state index in [0.29, 0.717) is 0 Å². The Morgan fingerprint density at radius 2 is 1.91 bits per heavy atom. The van der Waals surface area contributed by atoms with Crippen LogP contribution in [0, 0.1) is 0 Å². The molecule has 0 unspecified atom stereocenters. The number of nitrogens with zero attached hydrogens (tertiary/aromatic N) is 2. The number of hydrogen-bond acceptors (Lipinski definition) is 4. The molecule has 0 saturated heterocycles. The van der Waals surface area contributed by atoms with Crippen molar-refractivity contribution in [2.45, 2.75) is 25.1 Å². The standard InChI is InChI=1S/C15H13F3N4O/c16-15(17,18)9-2-1-3-11(8-9)19-13-7-6-12(21-22-13)14(23)20-10-4-5-10/h1-3,6-8,10H,4-5H2,(H,19,22)(H,20,23). The van der Waals surface area contributed by atoms with Crippen LogP contribution in [0.1, 0.15) is 28.9 Å². The Hall–Kier alpha value is -2.64. The molecule has 3 rings (SSSR count). The van der Waals surface area contributed by atoms with Crippen molar-refractivity contribution in [1.82, 2.24) is 15.5 Å². The van der Waals surface area contributed by atoms with Crippen molar-refractivity contribution >= 4 is 17.4 Å². The largest absolute Gasteiger partial charge is 0.416 e. The number of benzene rings is 1. The number of anilines is 2. The van der Waals surface area contributed by atoms with E-state index in [9.17, 15) is 18.0 Å². The topological polar surface area (TPSA) is 66.9 Å². The molecule has 5 nitrogen and oxygen atoms in total. The SMILES string of the molecule is O=C(NC1CC1)c1ccc(Nc2cccc(C(F)(F)F)c2)nn1. The Balaban J connectivity index is 1.69. The minimum absolute atomic E-state index is 0.173. The third-order valence-electron chi connectivity index (χ3n) is 3.27. The van der Waals surface area contributed by atoms with Crippen LogP contribution in [0.25, 0.3) is 0 Å². The van der Waals surface area contributed by atoms with E-state index in [0.717, 1.165) is 25.0 Å². The molecule has 2 N–H and O–H groups in total. The van der Waals surface area contributed by atoms with E-state index in [2.05, 4.69) is 20.8 Å². The Labute approximate surface area is 129 Å². The van der Waals surface area contributed by atoms with Crippen LogP contribution in [-0.4, -0.2) is 22.1 Å². The number of carbonyl (C=O) groups excluding carboxylic acids is 1. The zero-order valence-electron chi connectivity index (χ0n) is 11.9. The Morgan fingerprint density at radius 3 is 2.52 bits per heavy atom. The fourth-order valence-corrected chi connectivity index (χ4v) is 1.93. The van der Waals surface area contributed by atoms with Crippen molar-refractivity contribution in [2.75, 3.05) is 5.32 Å². The van der Waals surface area contributed by atoms with Gasteiger partial charge in [0.25, 0.3) is 5.91 Å². The summed E-state index contributed by atoms with van der Waals surface area (Å²) < 4.78 is 38.0. The number of carbonyl (C=O) groups is 1. The monoisotopic (exact) mass is 322 g/mol. The predicted molar refractivity (Wildman–Crippen MR) is 77.2 cm³/mol. The summed E-state index contributed by atoms with van der Waals surface area (Å²) in [4.78, 5) is 11.8. The van der Waals surface area contributed by atoms with E-state index in [1.165, 1.54) is 24.3 Å². The molecule has 1 aromatic carbocycles. The number of halogens is 3. The molecular weight excluding hydrogens is 309 g/mol. The van der Waals surface area contributed by atoms with Crippen molar-refractivity contribution in [2.24, 2.45) is 0 Å². The maximum absolute atomic E-state index is 12.7. The fourth-order valence-electron chi connectivity index (χ4n) is 1.93. The normalized spacial score (nSPS) is 14.4. The van der Waals surface area contributed by atoms with E-state index in [1.807, 2.05) is 0 Å². The Bertz CT molecular complexity index is 711. The van der Waals surface area contributed by atoms with Gasteiger partial charge in [-0.3, -0.25) is 4.79 Å². The summed E-state index contributed by atoms with van der Waals surface area (Å²) in [6.07, 6.45) is -2.48. The van der Waals surface area contributed by atoms with E-state index < -0.39 is 11.7 Å². The van der Waals surface area contributed by atoms with Crippen LogP contribution in [-0.2, 0) is 6.18 Å². The predicted octanol–water partition coefficient (Wildman–Crippen LogP) is 3.13. The zero-order chi connectivity index (χ0) is 16.4. The smallest absolute Gasteiger partial charge is 0.348 e. The summed E-state index contributed by atoms with van der Waals surface area (Å²) in [5, 5.41) is 13.1. The molecule has 1 fully saturated rings. The minimum Gasteiger partial charge on any atom is -0.348 e. The molecular formula is C15H13F3N4O. The molecule has 0 radical (unpaired) electrons. The van der Waals surface area contributed by atoms with Crippen LogP contribution in [0.5, 0.6) is 0 Å². The van der Waals surface area contributed by atoms with E-state index in [1.54, 1.807) is 0 Å². The second kappa shape index (κ2) is 5.86. The average molecular weight is 322 g/mol. The number of alkyl halides is 3. The highest BCUT2D eigenvalue weighted by atomic mass is 19.4. The second-order valence-electron chi connectivity index (χ2n) is 5.26. The summed E-state index contributed by atoms with van der Waals surface area (Å²) in [6, 6.07) is 7.95. The second-order valence-corrected chi connectivity index (χ2v) is 5.26. The van der Waals surface area contributed by atoms with Crippen molar-refractivity contribution in [3.8, 4) is 0 Å². The van der Waals surface area contributed by atoms with Crippen molar-refractivity contribution in [1.29, 1.82) is 0 Å². The van der Waals surface area contributed by atoms with E-state index in [4.69, 9.17) is 0 Å². The Morgan fingerprint density at radius 1 is 1.13 bits per heavy atom. The first-order chi connectivity index (χ1) is 10.9. The lowest BCUT2D eigenvalue weighted by Gasteiger charge is -2.10. The highest BCUT2D eigenvalue weighted by Crippen LogP contribution is 2.31. The molecule has 120 valence electrons. The molecule has 1 aliphatic carbocycles. The lowest BCUT2D eigenvalue weighted by atomic mass is 10.2. The van der Waals surface area contributed by atoms with Gasteiger partial charge in [0.1, 0.15) is 0 Å². The summed E-state index contributed by atoms with van der Waals surface area (Å²) in [5.41, 5.74) is -0.341. The van der Waals surface area contributed by atoms with Gasteiger partial charge in [0, 0.05) is 11.7 Å². The van der Waals surface area contributed by atoms with Crippen LogP contribution in [0.15, 0.2) is 36.4 Å². The number of nitrogens with one attached hydrogen (secondary N) is 2.